The molecule has 0 saturated heterocycles. The van der Waals surface area contributed by atoms with E-state index in [1.54, 1.807) is 6.92 Å². The summed E-state index contributed by atoms with van der Waals surface area (Å²) in [7, 11) is 0. The van der Waals surface area contributed by atoms with Crippen molar-refractivity contribution in [2.75, 3.05) is 26.2 Å². The Bertz CT molecular complexity index is 331. The van der Waals surface area contributed by atoms with Crippen LogP contribution in [0.25, 0.3) is 0 Å². The van der Waals surface area contributed by atoms with Crippen molar-refractivity contribution in [2.24, 2.45) is 0 Å². The first-order valence-electron chi connectivity index (χ1n) is 10.5. The summed E-state index contributed by atoms with van der Waals surface area (Å²) in [6, 6.07) is 0. The predicted octanol–water partition coefficient (Wildman–Crippen LogP) is 5.14. The maximum absolute atomic E-state index is 11.7. The Balaban J connectivity index is 3.80. The average Bonchev–Trinajstić information content (AvgIpc) is 2.57. The second-order valence-corrected chi connectivity index (χ2v) is 7.13. The quantitative estimate of drug-likeness (QED) is 0.252. The molecule has 0 heterocycles. The van der Waals surface area contributed by atoms with E-state index in [9.17, 15) is 9.59 Å². The molecule has 0 unspecified atom stereocenters. The monoisotopic (exact) mass is 355 g/mol. The van der Waals surface area contributed by atoms with Crippen LogP contribution in [0, 0.1) is 0 Å². The lowest BCUT2D eigenvalue weighted by Crippen LogP contribution is -2.31. The molecule has 0 aliphatic heterocycles. The van der Waals surface area contributed by atoms with E-state index in [1.165, 1.54) is 38.5 Å². The average molecular weight is 356 g/mol. The van der Waals surface area contributed by atoms with Gasteiger partial charge in [-0.2, -0.15) is 0 Å². The summed E-state index contributed by atoms with van der Waals surface area (Å²) in [6.07, 6.45) is 13.4. The molecule has 0 saturated carbocycles. The maximum Gasteiger partial charge on any atom is 0.305 e. The molecule has 0 aromatic heterocycles. The molecule has 0 spiro atoms. The third-order valence-corrected chi connectivity index (χ3v) is 4.39. The number of ether oxygens (including phenoxy) is 1. The first-order valence-corrected chi connectivity index (χ1v) is 10.5. The summed E-state index contributed by atoms with van der Waals surface area (Å²) < 4.78 is 5.23. The van der Waals surface area contributed by atoms with Crippen molar-refractivity contribution in [1.82, 2.24) is 4.90 Å². The molecule has 4 nitrogen and oxygen atoms in total. The molecule has 0 atom stereocenters. The summed E-state index contributed by atoms with van der Waals surface area (Å²) >= 11 is 0. The van der Waals surface area contributed by atoms with Crippen LogP contribution >= 0.6 is 0 Å². The van der Waals surface area contributed by atoms with Gasteiger partial charge >= 0.3 is 5.97 Å². The molecular formula is C21H41NO3. The highest BCUT2D eigenvalue weighted by molar-refractivity contribution is 5.77. The first-order chi connectivity index (χ1) is 12.1. The number of unbranched alkanes of at least 4 members (excludes halogenated alkanes) is 8. The Morgan fingerprint density at radius 2 is 1.32 bits per heavy atom. The molecular weight excluding hydrogens is 314 g/mol. The highest BCUT2D eigenvalue weighted by atomic mass is 16.5. The number of carbonyl (C=O) groups is 2. The van der Waals surface area contributed by atoms with Gasteiger partial charge in [0.15, 0.2) is 0 Å². The topological polar surface area (TPSA) is 46.6 Å². The van der Waals surface area contributed by atoms with Crippen molar-refractivity contribution in [3.05, 3.63) is 0 Å². The van der Waals surface area contributed by atoms with Crippen LogP contribution in [0.1, 0.15) is 97.8 Å². The number of esters is 1. The molecule has 4 heteroatoms. The van der Waals surface area contributed by atoms with Crippen LogP contribution < -0.4 is 0 Å². The van der Waals surface area contributed by atoms with Gasteiger partial charge < -0.3 is 4.74 Å². The zero-order valence-electron chi connectivity index (χ0n) is 17.0. The van der Waals surface area contributed by atoms with E-state index in [1.807, 2.05) is 0 Å². The van der Waals surface area contributed by atoms with Crippen molar-refractivity contribution >= 4 is 11.8 Å². The van der Waals surface area contributed by atoms with Gasteiger partial charge in [0.25, 0.3) is 0 Å². The van der Waals surface area contributed by atoms with Gasteiger partial charge in [0, 0.05) is 6.42 Å². The minimum atomic E-state index is -0.102. The summed E-state index contributed by atoms with van der Waals surface area (Å²) in [5.74, 6) is 0.0971. The summed E-state index contributed by atoms with van der Waals surface area (Å²) in [5.41, 5.74) is 0. The van der Waals surface area contributed by atoms with Crippen LogP contribution in [0.5, 0.6) is 0 Å². The Morgan fingerprint density at radius 3 is 1.96 bits per heavy atom. The van der Waals surface area contributed by atoms with E-state index < -0.39 is 0 Å². The molecule has 148 valence electrons. The normalized spacial score (nSPS) is 11.0. The second kappa shape index (κ2) is 17.9. The highest BCUT2D eigenvalue weighted by Crippen LogP contribution is 2.08. The van der Waals surface area contributed by atoms with E-state index in [2.05, 4.69) is 18.7 Å². The molecule has 0 aliphatic rings. The van der Waals surface area contributed by atoms with Crippen LogP contribution in [-0.2, 0) is 14.3 Å². The van der Waals surface area contributed by atoms with Crippen molar-refractivity contribution in [3.63, 3.8) is 0 Å². The number of hydrogen-bond donors (Lipinski definition) is 0. The predicted molar refractivity (Wildman–Crippen MR) is 105 cm³/mol. The van der Waals surface area contributed by atoms with Gasteiger partial charge in [-0.3, -0.25) is 14.5 Å². The molecule has 0 aliphatic carbocycles. The van der Waals surface area contributed by atoms with Gasteiger partial charge in [0.1, 0.15) is 5.78 Å². The molecule has 0 aromatic rings. The smallest absolute Gasteiger partial charge is 0.305 e. The Kier molecular flexibility index (Phi) is 17.3. The number of rotatable bonds is 18. The lowest BCUT2D eigenvalue weighted by molar-refractivity contribution is -0.143. The van der Waals surface area contributed by atoms with E-state index in [4.69, 9.17) is 4.74 Å². The van der Waals surface area contributed by atoms with Crippen molar-refractivity contribution in [3.8, 4) is 0 Å². The fourth-order valence-electron chi connectivity index (χ4n) is 2.93. The summed E-state index contributed by atoms with van der Waals surface area (Å²) in [5, 5.41) is 0. The zero-order chi connectivity index (χ0) is 18.8. The first kappa shape index (κ1) is 24.1. The molecule has 0 radical (unpaired) electrons. The molecule has 25 heavy (non-hydrogen) atoms. The SMILES string of the molecule is CCCCCCCCCN(CCCC(=O)OCCCCC)CC(C)=O. The fraction of sp³-hybridized carbons (Fsp3) is 0.905. The lowest BCUT2D eigenvalue weighted by atomic mass is 10.1. The van der Waals surface area contributed by atoms with Crippen molar-refractivity contribution in [2.45, 2.75) is 97.8 Å². The molecule has 0 fully saturated rings. The summed E-state index contributed by atoms with van der Waals surface area (Å²) in [4.78, 5) is 25.3. The van der Waals surface area contributed by atoms with Crippen molar-refractivity contribution in [1.29, 1.82) is 0 Å². The number of ketones is 1. The van der Waals surface area contributed by atoms with E-state index in [0.717, 1.165) is 45.2 Å². The second-order valence-electron chi connectivity index (χ2n) is 7.13. The Labute approximate surface area is 155 Å². The van der Waals surface area contributed by atoms with Gasteiger partial charge in [-0.1, -0.05) is 65.2 Å². The fourth-order valence-corrected chi connectivity index (χ4v) is 2.93. The number of hydrogen-bond acceptors (Lipinski definition) is 4. The number of nitrogens with zero attached hydrogens (tertiary/aromatic N) is 1. The largest absolute Gasteiger partial charge is 0.466 e. The van der Waals surface area contributed by atoms with Crippen LogP contribution in [0.2, 0.25) is 0 Å². The molecule has 0 aromatic carbocycles. The van der Waals surface area contributed by atoms with Gasteiger partial charge in [0.05, 0.1) is 13.2 Å². The lowest BCUT2D eigenvalue weighted by Gasteiger charge is -2.20. The molecule has 0 N–H and O–H groups in total. The summed E-state index contributed by atoms with van der Waals surface area (Å²) in [6.45, 7) is 8.82. The van der Waals surface area contributed by atoms with E-state index in [0.29, 0.717) is 19.6 Å². The van der Waals surface area contributed by atoms with E-state index in [-0.39, 0.29) is 11.8 Å². The van der Waals surface area contributed by atoms with Gasteiger partial charge in [-0.25, -0.2) is 0 Å². The zero-order valence-corrected chi connectivity index (χ0v) is 17.0. The van der Waals surface area contributed by atoms with E-state index >= 15 is 0 Å². The molecule has 0 bridgehead atoms. The maximum atomic E-state index is 11.7. The number of Topliss-reactive ketones (excluding diaryl/α,β-unsaturated/α-hetero) is 1. The van der Waals surface area contributed by atoms with Crippen molar-refractivity contribution < 1.29 is 14.3 Å². The number of carbonyl (C=O) groups excluding carboxylic acids is 2. The van der Waals surface area contributed by atoms with Gasteiger partial charge in [0.2, 0.25) is 0 Å². The molecule has 0 amide bonds. The van der Waals surface area contributed by atoms with Gasteiger partial charge in [-0.15, -0.1) is 0 Å². The Hall–Kier alpha value is -0.900. The van der Waals surface area contributed by atoms with Crippen LogP contribution in [0.15, 0.2) is 0 Å². The third-order valence-electron chi connectivity index (χ3n) is 4.39. The van der Waals surface area contributed by atoms with Crippen LogP contribution in [0.4, 0.5) is 0 Å². The third kappa shape index (κ3) is 17.7. The highest BCUT2D eigenvalue weighted by Gasteiger charge is 2.09. The van der Waals surface area contributed by atoms with Gasteiger partial charge in [-0.05, 0) is 39.3 Å². The standard InChI is InChI=1S/C21H41NO3/c1-4-6-8-9-10-11-12-16-22(19-20(3)23)17-14-15-21(24)25-18-13-7-5-2/h4-19H2,1-3H3. The van der Waals surface area contributed by atoms with Crippen LogP contribution in [0.3, 0.4) is 0 Å². The van der Waals surface area contributed by atoms with Crippen LogP contribution in [-0.4, -0.2) is 42.9 Å². The minimum Gasteiger partial charge on any atom is -0.466 e. The minimum absolute atomic E-state index is 0.102. The molecule has 0 rings (SSSR count). The Morgan fingerprint density at radius 1 is 0.760 bits per heavy atom.